The second-order valence-corrected chi connectivity index (χ2v) is 48.3. The predicted octanol–water partition coefficient (Wildman–Crippen LogP) is 27.5. The van der Waals surface area contributed by atoms with E-state index in [-0.39, 0.29) is 47.1 Å². The summed E-state index contributed by atoms with van der Waals surface area (Å²) in [4.78, 5) is 15.3. The van der Waals surface area contributed by atoms with Crippen molar-refractivity contribution in [3.05, 3.63) is 267 Å². The number of hydrogen-bond acceptors (Lipinski definition) is 14. The zero-order valence-electron chi connectivity index (χ0n) is 84.8. The molecule has 131 heavy (non-hydrogen) atoms. The Morgan fingerprint density at radius 1 is 0.397 bits per heavy atom. The maximum atomic E-state index is 6.13. The molecule has 12 atom stereocenters. The van der Waals surface area contributed by atoms with Gasteiger partial charge in [-0.15, -0.1) is 11.3 Å². The summed E-state index contributed by atoms with van der Waals surface area (Å²) in [5.74, 6) is 1.01. The molecule has 0 bridgehead atoms. The Hall–Kier alpha value is -9.22. The minimum Gasteiger partial charge on any atom is -0.457 e. The summed E-state index contributed by atoms with van der Waals surface area (Å²) in [6.45, 7) is 54.9. The van der Waals surface area contributed by atoms with E-state index < -0.39 is 0 Å². The zero-order valence-corrected chi connectivity index (χ0v) is 87.3. The van der Waals surface area contributed by atoms with Gasteiger partial charge in [-0.3, -0.25) is 26.6 Å². The van der Waals surface area contributed by atoms with Gasteiger partial charge < -0.3 is 28.9 Å². The van der Waals surface area contributed by atoms with E-state index in [4.69, 9.17) is 4.42 Å². The molecular formula is C116H156N12OSSe. The van der Waals surface area contributed by atoms with E-state index in [0.717, 1.165) is 30.6 Å². The number of furan rings is 1. The Morgan fingerprint density at radius 2 is 0.870 bits per heavy atom. The molecular weight excluding hydrogens is 1690 g/mol. The smallest absolute Gasteiger partial charge is 0.149 e. The number of thiophene rings is 1. The molecule has 0 saturated heterocycles. The van der Waals surface area contributed by atoms with Crippen LogP contribution in [0.3, 0.4) is 0 Å². The largest absolute Gasteiger partial charge is 0.457 e. The Labute approximate surface area is 797 Å². The number of benzene rings is 8. The van der Waals surface area contributed by atoms with Gasteiger partial charge in [0.25, 0.3) is 0 Å². The van der Waals surface area contributed by atoms with Crippen molar-refractivity contribution in [2.75, 3.05) is 57.0 Å². The van der Waals surface area contributed by atoms with Crippen molar-refractivity contribution in [1.29, 1.82) is 0 Å². The number of allylic oxidation sites excluding steroid dienone is 3. The van der Waals surface area contributed by atoms with Gasteiger partial charge in [0.05, 0.1) is 29.1 Å². The van der Waals surface area contributed by atoms with Crippen LogP contribution in [0, 0.1) is 32.5 Å². The van der Waals surface area contributed by atoms with E-state index in [0.29, 0.717) is 73.2 Å². The van der Waals surface area contributed by atoms with E-state index in [1.165, 1.54) is 120 Å². The van der Waals surface area contributed by atoms with Gasteiger partial charge in [0.1, 0.15) is 23.7 Å². The van der Waals surface area contributed by atoms with Crippen molar-refractivity contribution >= 4 is 131 Å². The molecule has 3 aromatic heterocycles. The summed E-state index contributed by atoms with van der Waals surface area (Å²) in [6.07, 6.45) is 35.2. The molecule has 0 fully saturated rings. The first-order chi connectivity index (χ1) is 61.7. The summed E-state index contributed by atoms with van der Waals surface area (Å²) in [6, 6.07) is 61.3. The second kappa shape index (κ2) is 40.9. The third-order valence-electron chi connectivity index (χ3n) is 27.2. The van der Waals surface area contributed by atoms with Crippen LogP contribution in [0.5, 0.6) is 0 Å². The van der Waals surface area contributed by atoms with Crippen molar-refractivity contribution in [3.8, 4) is 0 Å². The molecule has 9 heterocycles. The van der Waals surface area contributed by atoms with Gasteiger partial charge in [-0.05, 0) is 175 Å². The minimum atomic E-state index is 0.0756. The summed E-state index contributed by atoms with van der Waals surface area (Å²) < 4.78 is 10.6. The first-order valence-corrected chi connectivity index (χ1v) is 50.6. The average Bonchev–Trinajstić information content (AvgIpc) is 1.54. The van der Waals surface area contributed by atoms with Crippen molar-refractivity contribution in [1.82, 2.24) is 46.6 Å². The molecule has 0 amide bonds. The first-order valence-electron chi connectivity index (χ1n) is 48.1. The van der Waals surface area contributed by atoms with E-state index in [2.05, 4.69) is 501 Å². The second-order valence-electron chi connectivity index (χ2n) is 44.9. The number of anilines is 3. The van der Waals surface area contributed by atoms with Gasteiger partial charge in [0.2, 0.25) is 0 Å². The van der Waals surface area contributed by atoms with Gasteiger partial charge >= 0.3 is 133 Å². The van der Waals surface area contributed by atoms with E-state index in [1.807, 2.05) is 23.5 Å². The number of nitrogens with one attached hydrogen (secondary N) is 6. The SMILES string of the molecule is C[C@@H](NC1c2[se]c3ccccc3c2C=CN1C)C(C)(C)C.C[C@@H](NC1c2oc3ccccc3c2C=CN1C)C(C)(C)C.C[C@@H](NC1c2sc3ccccc3c2C=CN1C)C(C)(C)C.C[C@H](CC(C)(C)C)NC1C=C2C=CCc3cccc(c32)N1C.C[C@H](CC(C)(C)C)NC1C=Cc2c(ccc3ccccc23)N1C.C[C@H](CC(C)(C)C)NC1C=Cc2ccc3ccccc3c2N1C. The Morgan fingerprint density at radius 3 is 1.48 bits per heavy atom. The van der Waals surface area contributed by atoms with Crippen LogP contribution in [-0.2, 0) is 6.42 Å². The molecule has 15 heteroatoms. The fraction of sp³-hybridized carbons (Fsp3) is 0.448. The number of hydrogen-bond donors (Lipinski definition) is 6. The summed E-state index contributed by atoms with van der Waals surface area (Å²) in [5.41, 5.74) is 17.6. The van der Waals surface area contributed by atoms with Crippen molar-refractivity contribution in [2.45, 2.75) is 265 Å². The van der Waals surface area contributed by atoms with Crippen molar-refractivity contribution < 1.29 is 4.42 Å². The Kier molecular flexibility index (Phi) is 31.0. The third kappa shape index (κ3) is 24.1. The average molecular weight is 1850 g/mol. The minimum absolute atomic E-state index is 0.0756. The molecule has 6 aliphatic heterocycles. The molecule has 0 saturated carbocycles. The van der Waals surface area contributed by atoms with Crippen LogP contribution in [0.15, 0.2) is 217 Å². The summed E-state index contributed by atoms with van der Waals surface area (Å²) in [7, 11) is 13.0. The van der Waals surface area contributed by atoms with Gasteiger partial charge in [-0.2, -0.15) is 0 Å². The van der Waals surface area contributed by atoms with Crippen molar-refractivity contribution in [2.24, 2.45) is 32.5 Å². The van der Waals surface area contributed by atoms with E-state index >= 15 is 0 Å². The third-order valence-corrected chi connectivity index (χ3v) is 31.0. The molecule has 8 aromatic carbocycles. The van der Waals surface area contributed by atoms with Crippen molar-refractivity contribution in [3.63, 3.8) is 0 Å². The number of rotatable bonds is 15. The summed E-state index contributed by atoms with van der Waals surface area (Å²) in [5, 5.41) is 31.9. The first kappa shape index (κ1) is 99.3. The van der Waals surface area contributed by atoms with E-state index in [1.54, 1.807) is 4.44 Å². The fourth-order valence-corrected chi connectivity index (χ4v) is 23.0. The van der Waals surface area contributed by atoms with Crippen LogP contribution < -0.4 is 46.6 Å². The van der Waals surface area contributed by atoms with Crippen LogP contribution in [0.1, 0.15) is 258 Å². The monoisotopic (exact) mass is 1850 g/mol. The molecule has 1 aliphatic carbocycles. The van der Waals surface area contributed by atoms with Gasteiger partial charge in [-0.25, -0.2) is 0 Å². The van der Waals surface area contributed by atoms with E-state index in [9.17, 15) is 0 Å². The van der Waals surface area contributed by atoms with Gasteiger partial charge in [-0.1, -0.05) is 243 Å². The zero-order chi connectivity index (χ0) is 94.7. The number of para-hydroxylation sites is 1. The molecule has 6 N–H and O–H groups in total. The van der Waals surface area contributed by atoms with Gasteiger partial charge in [0.15, 0.2) is 0 Å². The molecule has 0 radical (unpaired) electrons. The maximum absolute atomic E-state index is 6.13. The van der Waals surface area contributed by atoms with Crippen LogP contribution in [0.2, 0.25) is 0 Å². The predicted molar refractivity (Wildman–Crippen MR) is 574 cm³/mol. The molecule has 18 rings (SSSR count). The molecule has 11 aromatic rings. The number of likely N-dealkylation sites (N-methyl/N-ethyl adjacent to an activating group) is 3. The molecule has 6 unspecified atom stereocenters. The number of nitrogens with zero attached hydrogens (tertiary/aromatic N) is 6. The molecule has 0 spiro atoms. The standard InChI is InChI=1S/2C21H28N2.C20H28N2.C18H24N2O.C18H24N2S.C18H24N2Se/c1-15(14-21(2,3)4)22-20-13-11-18-17-9-7-6-8-16(17)10-12-19(18)23(20)5;1-15(14-21(2,3)4)22-19-13-12-17-11-10-16-8-6-7-9-18(16)20(17)23(19)5;1-14(13-20(2,3)4)21-18-12-16-10-6-8-15-9-7-11-17(19(15)16)22(18)5;3*1-12(18(2,3)4)19-17-16-14(10-11-20(17)5)13-8-6-7-9-15(13)21-16/h6-13,15,20,22H,14H2,1-5H3;6-13,15,19,22H,14H2,1-5H3;6-7,9-12,14,18,21H,8,13H2,1-5H3;3*6-12,17,19H,1-5H3/t15-,20?;15-,19?;14-,18?;3*12-,17?/m111111/s1. The maximum Gasteiger partial charge on any atom is 0.149 e. The topological polar surface area (TPSA) is 105 Å². The Bertz CT molecular complexity index is 5700. The van der Waals surface area contributed by atoms with Gasteiger partial charge in [0, 0.05) is 132 Å². The summed E-state index contributed by atoms with van der Waals surface area (Å²) >= 11 is 2.34. The van der Waals surface area contributed by atoms with Crippen LogP contribution >= 0.6 is 11.3 Å². The van der Waals surface area contributed by atoms with Crippen LogP contribution in [0.25, 0.3) is 88.2 Å². The van der Waals surface area contributed by atoms with Crippen LogP contribution in [-0.4, -0.2) is 126 Å². The molecule has 7 aliphatic rings. The van der Waals surface area contributed by atoms with Crippen LogP contribution in [0.4, 0.5) is 17.1 Å². The number of fused-ring (bicyclic) bond motifs is 15. The Balaban J connectivity index is 0.000000134. The fourth-order valence-electron chi connectivity index (χ4n) is 19.0. The normalized spacial score (nSPS) is 19.8. The quantitative estimate of drug-likeness (QED) is 0.0550. The molecule has 13 nitrogen and oxygen atoms in total. The molecule has 698 valence electrons.